The van der Waals surface area contributed by atoms with Crippen molar-refractivity contribution < 1.29 is 14.6 Å². The third-order valence-electron chi connectivity index (χ3n) is 5.02. The predicted octanol–water partition coefficient (Wildman–Crippen LogP) is 4.79. The van der Waals surface area contributed by atoms with E-state index in [0.29, 0.717) is 25.1 Å². The number of imidazole rings is 1. The van der Waals surface area contributed by atoms with E-state index in [-0.39, 0.29) is 11.4 Å². The van der Waals surface area contributed by atoms with Gasteiger partial charge in [0.1, 0.15) is 5.75 Å². The lowest BCUT2D eigenvalue weighted by Crippen LogP contribution is -2.25. The Morgan fingerprint density at radius 3 is 2.55 bits per heavy atom. The third-order valence-corrected chi connectivity index (χ3v) is 5.02. The fraction of sp³-hybridized carbons (Fsp3) is 0.280. The number of unbranched alkanes of at least 4 members (excludes halogenated alkanes) is 1. The second kappa shape index (κ2) is 10.4. The topological polar surface area (TPSA) is 73.5 Å². The molecular weight excluding hydrogens is 392 g/mol. The van der Waals surface area contributed by atoms with Gasteiger partial charge in [-0.15, -0.1) is 5.92 Å². The molecule has 2 aromatic carbocycles. The number of ether oxygens (including phenoxy) is 1. The summed E-state index contributed by atoms with van der Waals surface area (Å²) >= 11 is 0. The molecule has 3 rings (SSSR count). The lowest BCUT2D eigenvalue weighted by molar-refractivity contribution is 0.144. The Labute approximate surface area is 181 Å². The lowest BCUT2D eigenvalue weighted by Gasteiger charge is -2.10. The molecule has 0 saturated carbocycles. The van der Waals surface area contributed by atoms with Gasteiger partial charge in [0.2, 0.25) is 0 Å². The molecule has 3 aromatic rings. The molecule has 0 radical (unpaired) electrons. The summed E-state index contributed by atoms with van der Waals surface area (Å²) < 4.78 is 8.43. The number of carbonyl (C=O) groups is 1. The molecule has 0 aliphatic rings. The summed E-state index contributed by atoms with van der Waals surface area (Å²) in [6.45, 7) is 5.05. The molecular formula is C25H26N2O4. The number of rotatable bonds is 8. The Kier molecular flexibility index (Phi) is 7.34. The van der Waals surface area contributed by atoms with Crippen LogP contribution in [0.1, 0.15) is 37.9 Å². The summed E-state index contributed by atoms with van der Waals surface area (Å²) in [7, 11) is 0. The second-order valence-corrected chi connectivity index (χ2v) is 7.20. The van der Waals surface area contributed by atoms with E-state index < -0.39 is 6.16 Å². The van der Waals surface area contributed by atoms with Gasteiger partial charge in [0.05, 0.1) is 18.7 Å². The van der Waals surface area contributed by atoms with Crippen LogP contribution in [0.4, 0.5) is 4.79 Å². The molecule has 0 aliphatic carbocycles. The highest BCUT2D eigenvalue weighted by atomic mass is 16.7. The third kappa shape index (κ3) is 5.46. The van der Waals surface area contributed by atoms with Gasteiger partial charge in [-0.25, -0.2) is 9.59 Å². The van der Waals surface area contributed by atoms with Gasteiger partial charge in [-0.1, -0.05) is 61.7 Å². The number of carboxylic acid groups (broad SMARTS) is 1. The van der Waals surface area contributed by atoms with Crippen molar-refractivity contribution in [2.75, 3.05) is 0 Å². The molecule has 1 heterocycles. The predicted molar refractivity (Wildman–Crippen MR) is 120 cm³/mol. The highest BCUT2D eigenvalue weighted by molar-refractivity contribution is 5.74. The minimum atomic E-state index is -1.35. The van der Waals surface area contributed by atoms with E-state index in [4.69, 9.17) is 9.84 Å². The summed E-state index contributed by atoms with van der Waals surface area (Å²) in [5, 5.41) is 8.95. The van der Waals surface area contributed by atoms with Crippen LogP contribution in [0.3, 0.4) is 0 Å². The van der Waals surface area contributed by atoms with Gasteiger partial charge in [-0.2, -0.15) is 0 Å². The van der Waals surface area contributed by atoms with Crippen molar-refractivity contribution in [3.63, 3.8) is 0 Å². The average Bonchev–Trinajstić information content (AvgIpc) is 3.06. The first kappa shape index (κ1) is 22.0. The van der Waals surface area contributed by atoms with E-state index >= 15 is 0 Å². The zero-order valence-corrected chi connectivity index (χ0v) is 17.8. The van der Waals surface area contributed by atoms with E-state index in [1.54, 1.807) is 28.2 Å². The van der Waals surface area contributed by atoms with Crippen LogP contribution in [0.25, 0.3) is 11.1 Å². The van der Waals surface area contributed by atoms with Crippen LogP contribution in [0, 0.1) is 11.8 Å². The minimum Gasteiger partial charge on any atom is -0.449 e. The minimum absolute atomic E-state index is 0.0226. The Balaban J connectivity index is 1.88. The fourth-order valence-electron chi connectivity index (χ4n) is 3.42. The first-order chi connectivity index (χ1) is 15.0. The van der Waals surface area contributed by atoms with Gasteiger partial charge in [0.25, 0.3) is 0 Å². The van der Waals surface area contributed by atoms with Crippen LogP contribution in [0.5, 0.6) is 5.75 Å². The number of hydrogen-bond acceptors (Lipinski definition) is 3. The number of hydrogen-bond donors (Lipinski definition) is 1. The first-order valence-electron chi connectivity index (χ1n) is 10.3. The van der Waals surface area contributed by atoms with Crippen LogP contribution in [-0.2, 0) is 19.5 Å². The second-order valence-electron chi connectivity index (χ2n) is 7.20. The van der Waals surface area contributed by atoms with Crippen molar-refractivity contribution in [3.05, 3.63) is 76.5 Å². The molecule has 0 atom stereocenters. The van der Waals surface area contributed by atoms with Crippen molar-refractivity contribution in [2.45, 2.75) is 46.2 Å². The summed E-state index contributed by atoms with van der Waals surface area (Å²) in [5.41, 5.74) is 3.38. The van der Waals surface area contributed by atoms with Gasteiger partial charge < -0.3 is 9.84 Å². The van der Waals surface area contributed by atoms with E-state index in [0.717, 1.165) is 29.7 Å². The van der Waals surface area contributed by atoms with Gasteiger partial charge >= 0.3 is 11.8 Å². The van der Waals surface area contributed by atoms with Crippen LogP contribution < -0.4 is 10.4 Å². The molecule has 0 spiro atoms. The van der Waals surface area contributed by atoms with Crippen molar-refractivity contribution in [2.24, 2.45) is 0 Å². The van der Waals surface area contributed by atoms with Crippen molar-refractivity contribution in [1.82, 2.24) is 9.13 Å². The number of aromatic nitrogens is 2. The zero-order chi connectivity index (χ0) is 22.2. The first-order valence-corrected chi connectivity index (χ1v) is 10.3. The number of para-hydroxylation sites is 1. The van der Waals surface area contributed by atoms with E-state index in [1.165, 1.54) is 0 Å². The SMILES string of the molecule is CC#CCc1cn(CCCC)c(=O)n1Cc1ccc(-c2ccccc2OC(=O)O)cc1. The van der Waals surface area contributed by atoms with Gasteiger partial charge in [-0.05, 0) is 30.5 Å². The number of aryl methyl sites for hydroxylation is 1. The van der Waals surface area contributed by atoms with E-state index in [2.05, 4.69) is 18.8 Å². The zero-order valence-electron chi connectivity index (χ0n) is 17.8. The number of benzene rings is 2. The standard InChI is InChI=1S/C25H26N2O4/c1-3-5-9-21-18-26(16-6-4-2)24(28)27(21)17-19-12-14-20(15-13-19)22-10-7-8-11-23(22)31-25(29)30/h7-8,10-15,18H,4,6,9,16-17H2,1-2H3,(H,29,30). The van der Waals surface area contributed by atoms with Crippen LogP contribution in [0.2, 0.25) is 0 Å². The van der Waals surface area contributed by atoms with Crippen LogP contribution >= 0.6 is 0 Å². The molecule has 160 valence electrons. The molecule has 0 amide bonds. The van der Waals surface area contributed by atoms with Crippen LogP contribution in [-0.4, -0.2) is 20.4 Å². The maximum atomic E-state index is 12.9. The van der Waals surface area contributed by atoms with Gasteiger partial charge in [-0.3, -0.25) is 9.13 Å². The Morgan fingerprint density at radius 1 is 1.13 bits per heavy atom. The molecule has 0 unspecified atom stereocenters. The maximum absolute atomic E-state index is 12.9. The van der Waals surface area contributed by atoms with Gasteiger partial charge in [0, 0.05) is 18.3 Å². The smallest absolute Gasteiger partial charge is 0.449 e. The molecule has 0 bridgehead atoms. The summed E-state index contributed by atoms with van der Waals surface area (Å²) in [6, 6.07) is 14.7. The fourth-order valence-corrected chi connectivity index (χ4v) is 3.42. The van der Waals surface area contributed by atoms with Crippen molar-refractivity contribution in [1.29, 1.82) is 0 Å². The van der Waals surface area contributed by atoms with Crippen molar-refractivity contribution >= 4 is 6.16 Å². The lowest BCUT2D eigenvalue weighted by atomic mass is 10.0. The highest BCUT2D eigenvalue weighted by Gasteiger charge is 2.12. The Hall–Kier alpha value is -3.72. The molecule has 6 nitrogen and oxygen atoms in total. The highest BCUT2D eigenvalue weighted by Crippen LogP contribution is 2.30. The van der Waals surface area contributed by atoms with Crippen molar-refractivity contribution in [3.8, 4) is 28.7 Å². The summed E-state index contributed by atoms with van der Waals surface area (Å²) in [5.74, 6) is 6.23. The Morgan fingerprint density at radius 2 is 1.87 bits per heavy atom. The van der Waals surface area contributed by atoms with E-state index in [9.17, 15) is 9.59 Å². The quantitative estimate of drug-likeness (QED) is 0.324. The molecule has 6 heteroatoms. The molecule has 0 aliphatic heterocycles. The Bertz CT molecular complexity index is 1160. The summed E-state index contributed by atoms with van der Waals surface area (Å²) in [4.78, 5) is 23.9. The maximum Gasteiger partial charge on any atom is 0.511 e. The van der Waals surface area contributed by atoms with Gasteiger partial charge in [0.15, 0.2) is 0 Å². The monoisotopic (exact) mass is 418 g/mol. The largest absolute Gasteiger partial charge is 0.511 e. The number of nitrogens with zero attached hydrogens (tertiary/aromatic N) is 2. The normalized spacial score (nSPS) is 10.4. The molecule has 0 saturated heterocycles. The molecule has 1 N–H and O–H groups in total. The van der Waals surface area contributed by atoms with E-state index in [1.807, 2.05) is 42.6 Å². The molecule has 0 fully saturated rings. The van der Waals surface area contributed by atoms with Crippen LogP contribution in [0.15, 0.2) is 59.5 Å². The summed E-state index contributed by atoms with van der Waals surface area (Å²) in [6.07, 6.45) is 3.07. The molecule has 1 aromatic heterocycles. The molecule has 31 heavy (non-hydrogen) atoms. The average molecular weight is 418 g/mol.